The summed E-state index contributed by atoms with van der Waals surface area (Å²) < 4.78 is 94.9. The molecule has 0 aromatic heterocycles. The van der Waals surface area contributed by atoms with Gasteiger partial charge in [-0.25, -0.2) is 0 Å². The number of aliphatic hydroxyl groups excluding tert-OH is 1. The quantitative estimate of drug-likeness (QED) is 0.611. The summed E-state index contributed by atoms with van der Waals surface area (Å²) in [5.41, 5.74) is 0. The van der Waals surface area contributed by atoms with Gasteiger partial charge in [0.15, 0.2) is 0 Å². The molecule has 0 saturated heterocycles. The van der Waals surface area contributed by atoms with Crippen molar-refractivity contribution in [3.63, 3.8) is 0 Å². The van der Waals surface area contributed by atoms with Crippen molar-refractivity contribution in [3.8, 4) is 0 Å². The molecule has 0 fully saturated rings. The van der Waals surface area contributed by atoms with Crippen LogP contribution in [0.3, 0.4) is 0 Å². The van der Waals surface area contributed by atoms with Gasteiger partial charge in [-0.2, -0.15) is 35.1 Å². The van der Waals surface area contributed by atoms with E-state index in [9.17, 15) is 35.1 Å². The molecule has 0 saturated carbocycles. The highest BCUT2D eigenvalue weighted by atomic mass is 19.4. The maximum Gasteiger partial charge on any atom is 0.471 e. The minimum absolute atomic E-state index is 1.50. The summed E-state index contributed by atoms with van der Waals surface area (Å²) in [6.07, 6.45) is -14.5. The van der Waals surface area contributed by atoms with Gasteiger partial charge in [-0.05, 0) is 0 Å². The first-order chi connectivity index (χ1) is 6.43. The molecule has 0 heterocycles. The van der Waals surface area contributed by atoms with E-state index in [1.54, 1.807) is 0 Å². The van der Waals surface area contributed by atoms with E-state index < -0.39 is 36.6 Å². The van der Waals surface area contributed by atoms with Gasteiger partial charge < -0.3 is 5.11 Å². The summed E-state index contributed by atoms with van der Waals surface area (Å²) in [6, 6.07) is -5.23. The normalized spacial score (nSPS) is 14.8. The molecule has 0 aromatic carbocycles. The van der Waals surface area contributed by atoms with E-state index in [2.05, 4.69) is 0 Å². The molecular formula is C5H5F8NO. The fraction of sp³-hybridized carbons (Fsp3) is 1.00. The molecule has 0 bridgehead atoms. The molecule has 0 aliphatic heterocycles. The van der Waals surface area contributed by atoms with Crippen molar-refractivity contribution in [2.24, 2.45) is 0 Å². The lowest BCUT2D eigenvalue weighted by Gasteiger charge is -2.32. The first kappa shape index (κ1) is 14.4. The van der Waals surface area contributed by atoms with Gasteiger partial charge in [0.1, 0.15) is 0 Å². The van der Waals surface area contributed by atoms with Crippen LogP contribution in [0, 0.1) is 0 Å². The van der Waals surface area contributed by atoms with Crippen LogP contribution in [0.25, 0.3) is 0 Å². The molecule has 2 nitrogen and oxygen atoms in total. The van der Waals surface area contributed by atoms with E-state index >= 15 is 0 Å². The number of hydrogen-bond acceptors (Lipinski definition) is 2. The molecule has 0 aromatic rings. The molecule has 1 N–H and O–H groups in total. The highest BCUT2D eigenvalue weighted by molar-refractivity contribution is 4.74. The van der Waals surface area contributed by atoms with Gasteiger partial charge in [0.25, 0.3) is 0 Å². The van der Waals surface area contributed by atoms with E-state index in [1.165, 1.54) is 0 Å². The van der Waals surface area contributed by atoms with Crippen molar-refractivity contribution in [1.82, 2.24) is 4.90 Å². The SMILES string of the molecule is OCCC(F)(F)N(C(F)(F)F)C(F)(F)F. The third-order valence-electron chi connectivity index (χ3n) is 1.25. The summed E-state index contributed by atoms with van der Waals surface area (Å²) in [5.74, 6) is 0. The van der Waals surface area contributed by atoms with E-state index in [1.807, 2.05) is 0 Å². The predicted octanol–water partition coefficient (Wildman–Crippen LogP) is 2.30. The van der Waals surface area contributed by atoms with E-state index in [4.69, 9.17) is 5.11 Å². The summed E-state index contributed by atoms with van der Waals surface area (Å²) >= 11 is 0. The van der Waals surface area contributed by atoms with Gasteiger partial charge in [0, 0.05) is 6.42 Å². The Balaban J connectivity index is 5.13. The van der Waals surface area contributed by atoms with Crippen LogP contribution in [-0.4, -0.2) is 35.3 Å². The Labute approximate surface area is 78.1 Å². The molecule has 10 heteroatoms. The maximum atomic E-state index is 12.4. The van der Waals surface area contributed by atoms with Crippen LogP contribution >= 0.6 is 0 Å². The monoisotopic (exact) mass is 247 g/mol. The largest absolute Gasteiger partial charge is 0.471 e. The minimum Gasteiger partial charge on any atom is -0.396 e. The molecule has 0 rings (SSSR count). The average molecular weight is 247 g/mol. The molecule has 0 atom stereocenters. The first-order valence-electron chi connectivity index (χ1n) is 3.35. The number of halogens is 8. The van der Waals surface area contributed by atoms with Gasteiger partial charge in [-0.3, -0.25) is 0 Å². The Morgan fingerprint density at radius 3 is 1.33 bits per heavy atom. The van der Waals surface area contributed by atoms with Gasteiger partial charge in [-0.15, -0.1) is 0 Å². The fourth-order valence-corrected chi connectivity index (χ4v) is 0.761. The van der Waals surface area contributed by atoms with Crippen LogP contribution in [0.15, 0.2) is 0 Å². The number of aliphatic hydroxyl groups is 1. The third kappa shape index (κ3) is 3.78. The zero-order chi connectivity index (χ0) is 12.5. The Bertz CT molecular complexity index is 194. The van der Waals surface area contributed by atoms with Crippen LogP contribution in [0.1, 0.15) is 6.42 Å². The maximum absolute atomic E-state index is 12.4. The molecule has 15 heavy (non-hydrogen) atoms. The molecule has 0 aliphatic carbocycles. The van der Waals surface area contributed by atoms with Crippen LogP contribution in [-0.2, 0) is 0 Å². The van der Waals surface area contributed by atoms with Crippen LogP contribution in [0.2, 0.25) is 0 Å². The van der Waals surface area contributed by atoms with Crippen LogP contribution in [0.5, 0.6) is 0 Å². The molecule has 92 valence electrons. The van der Waals surface area contributed by atoms with Crippen molar-refractivity contribution in [2.75, 3.05) is 6.61 Å². The zero-order valence-electron chi connectivity index (χ0n) is 6.83. The number of alkyl halides is 8. The standard InChI is InChI=1S/C5H5F8NO/c6-3(7,1-2-15)14(4(8,9)10)5(11,12)13/h15H,1-2H2. The molecule has 0 amide bonds. The number of rotatable bonds is 3. The van der Waals surface area contributed by atoms with Crippen molar-refractivity contribution in [2.45, 2.75) is 25.1 Å². The van der Waals surface area contributed by atoms with Crippen molar-refractivity contribution < 1.29 is 40.2 Å². The molecule has 0 spiro atoms. The zero-order valence-corrected chi connectivity index (χ0v) is 6.83. The summed E-state index contributed by atoms with van der Waals surface area (Å²) in [5, 5.41) is 7.94. The van der Waals surface area contributed by atoms with Gasteiger partial charge >= 0.3 is 18.6 Å². The summed E-state index contributed by atoms with van der Waals surface area (Å²) in [6.45, 7) is -1.50. The fourth-order valence-electron chi connectivity index (χ4n) is 0.761. The van der Waals surface area contributed by atoms with Crippen LogP contribution in [0.4, 0.5) is 35.1 Å². The molecular weight excluding hydrogens is 242 g/mol. The second-order valence-corrected chi connectivity index (χ2v) is 2.41. The number of nitrogens with zero attached hydrogens (tertiary/aromatic N) is 1. The van der Waals surface area contributed by atoms with E-state index in [0.29, 0.717) is 0 Å². The Morgan fingerprint density at radius 2 is 1.13 bits per heavy atom. The highest BCUT2D eigenvalue weighted by Crippen LogP contribution is 2.42. The Morgan fingerprint density at radius 1 is 0.800 bits per heavy atom. The van der Waals surface area contributed by atoms with Gasteiger partial charge in [-0.1, -0.05) is 4.90 Å². The van der Waals surface area contributed by atoms with Crippen molar-refractivity contribution in [1.29, 1.82) is 0 Å². The average Bonchev–Trinajstić information content (AvgIpc) is 1.75. The second kappa shape index (κ2) is 4.08. The van der Waals surface area contributed by atoms with Crippen molar-refractivity contribution in [3.05, 3.63) is 0 Å². The Hall–Kier alpha value is -0.640. The molecule has 0 unspecified atom stereocenters. The molecule has 0 radical (unpaired) electrons. The summed E-state index contributed by atoms with van der Waals surface area (Å²) in [7, 11) is 0. The number of hydrogen-bond donors (Lipinski definition) is 1. The molecule has 0 aliphatic rings. The Kier molecular flexibility index (Phi) is 3.91. The minimum atomic E-state index is -6.27. The predicted molar refractivity (Wildman–Crippen MR) is 30.6 cm³/mol. The smallest absolute Gasteiger partial charge is 0.396 e. The topological polar surface area (TPSA) is 23.5 Å². The first-order valence-corrected chi connectivity index (χ1v) is 3.35. The summed E-state index contributed by atoms with van der Waals surface area (Å²) in [4.78, 5) is -2.84. The van der Waals surface area contributed by atoms with E-state index in [0.717, 1.165) is 0 Å². The lowest BCUT2D eigenvalue weighted by atomic mass is 10.3. The second-order valence-electron chi connectivity index (χ2n) is 2.41. The van der Waals surface area contributed by atoms with E-state index in [-0.39, 0.29) is 0 Å². The lowest BCUT2D eigenvalue weighted by molar-refractivity contribution is -0.440. The van der Waals surface area contributed by atoms with Gasteiger partial charge in [0.2, 0.25) is 0 Å². The van der Waals surface area contributed by atoms with Gasteiger partial charge in [0.05, 0.1) is 6.61 Å². The third-order valence-corrected chi connectivity index (χ3v) is 1.25. The lowest BCUT2D eigenvalue weighted by Crippen LogP contribution is -2.58. The van der Waals surface area contributed by atoms with Crippen LogP contribution < -0.4 is 0 Å². The highest BCUT2D eigenvalue weighted by Gasteiger charge is 2.65. The van der Waals surface area contributed by atoms with Crippen molar-refractivity contribution >= 4 is 0 Å².